The number of benzene rings is 1. The standard InChI is InChI=1S/C20H22N4O2/c21-11-16-6-18(19(24(25)26)7-17(16)12-22)23-2-1-20-8-13-3-14(9-20)5-15(4-13)10-20/h6-7,13-15,23H,1-5,8-10H2. The van der Waals surface area contributed by atoms with Crippen LogP contribution in [0.25, 0.3) is 0 Å². The molecule has 0 heterocycles. The van der Waals surface area contributed by atoms with Gasteiger partial charge in [-0.1, -0.05) is 0 Å². The lowest BCUT2D eigenvalue weighted by molar-refractivity contribution is -0.384. The summed E-state index contributed by atoms with van der Waals surface area (Å²) in [6, 6.07) is 6.45. The van der Waals surface area contributed by atoms with E-state index in [0.29, 0.717) is 17.6 Å². The predicted molar refractivity (Wildman–Crippen MR) is 96.2 cm³/mol. The molecule has 0 amide bonds. The summed E-state index contributed by atoms with van der Waals surface area (Å²) >= 11 is 0. The highest BCUT2D eigenvalue weighted by Crippen LogP contribution is 2.61. The first-order valence-electron chi connectivity index (χ1n) is 9.38. The molecule has 4 aliphatic rings. The minimum atomic E-state index is -0.491. The van der Waals surface area contributed by atoms with E-state index in [2.05, 4.69) is 5.32 Å². The van der Waals surface area contributed by atoms with E-state index >= 15 is 0 Å². The number of nitro groups is 1. The van der Waals surface area contributed by atoms with Crippen LogP contribution in [0.2, 0.25) is 0 Å². The molecule has 4 saturated carbocycles. The molecule has 0 aromatic heterocycles. The minimum absolute atomic E-state index is 0.0471. The molecule has 0 spiro atoms. The van der Waals surface area contributed by atoms with Crippen molar-refractivity contribution in [1.82, 2.24) is 0 Å². The van der Waals surface area contributed by atoms with Gasteiger partial charge in [-0.2, -0.15) is 10.5 Å². The first kappa shape index (κ1) is 16.8. The Morgan fingerprint density at radius 3 is 2.12 bits per heavy atom. The Morgan fingerprint density at radius 1 is 1.08 bits per heavy atom. The zero-order valence-electron chi connectivity index (χ0n) is 14.7. The minimum Gasteiger partial charge on any atom is -0.379 e. The summed E-state index contributed by atoms with van der Waals surface area (Å²) < 4.78 is 0. The molecule has 0 radical (unpaired) electrons. The number of rotatable bonds is 5. The van der Waals surface area contributed by atoms with Crippen LogP contribution in [-0.4, -0.2) is 11.5 Å². The molecule has 26 heavy (non-hydrogen) atoms. The van der Waals surface area contributed by atoms with Crippen molar-refractivity contribution in [1.29, 1.82) is 10.5 Å². The Labute approximate surface area is 153 Å². The second kappa shape index (κ2) is 6.29. The van der Waals surface area contributed by atoms with Crippen LogP contribution in [0.5, 0.6) is 0 Å². The number of nitrogens with zero attached hydrogens (tertiary/aromatic N) is 3. The van der Waals surface area contributed by atoms with Gasteiger partial charge in [-0.05, 0) is 74.2 Å². The van der Waals surface area contributed by atoms with Crippen LogP contribution in [0.4, 0.5) is 11.4 Å². The number of hydrogen-bond donors (Lipinski definition) is 1. The lowest BCUT2D eigenvalue weighted by Crippen LogP contribution is -2.46. The molecule has 1 aromatic carbocycles. The molecule has 0 saturated heterocycles. The number of hydrogen-bond acceptors (Lipinski definition) is 5. The van der Waals surface area contributed by atoms with Gasteiger partial charge in [-0.3, -0.25) is 10.1 Å². The molecule has 1 aromatic rings. The van der Waals surface area contributed by atoms with Crippen molar-refractivity contribution in [2.24, 2.45) is 23.2 Å². The van der Waals surface area contributed by atoms with E-state index in [4.69, 9.17) is 5.26 Å². The normalized spacial score (nSPS) is 31.2. The Kier molecular flexibility index (Phi) is 4.07. The summed E-state index contributed by atoms with van der Waals surface area (Å²) in [5, 5.41) is 32.8. The molecule has 134 valence electrons. The summed E-state index contributed by atoms with van der Waals surface area (Å²) in [6.45, 7) is 0.670. The van der Waals surface area contributed by atoms with Gasteiger partial charge in [0.2, 0.25) is 0 Å². The third-order valence-electron chi connectivity index (χ3n) is 6.71. The summed E-state index contributed by atoms with van der Waals surface area (Å²) in [7, 11) is 0. The Morgan fingerprint density at radius 2 is 1.62 bits per heavy atom. The van der Waals surface area contributed by atoms with Crippen LogP contribution >= 0.6 is 0 Å². The summed E-state index contributed by atoms with van der Waals surface area (Å²) in [6.07, 6.45) is 9.15. The quantitative estimate of drug-likeness (QED) is 0.628. The molecule has 4 aliphatic carbocycles. The van der Waals surface area contributed by atoms with Crippen LogP contribution in [0.15, 0.2) is 12.1 Å². The van der Waals surface area contributed by atoms with Crippen molar-refractivity contribution < 1.29 is 4.92 Å². The van der Waals surface area contributed by atoms with Gasteiger partial charge in [0.1, 0.15) is 17.8 Å². The van der Waals surface area contributed by atoms with E-state index in [-0.39, 0.29) is 16.8 Å². The smallest absolute Gasteiger partial charge is 0.293 e. The Bertz CT molecular complexity index is 798. The Hall–Kier alpha value is -2.60. The summed E-state index contributed by atoms with van der Waals surface area (Å²) in [5.41, 5.74) is 0.837. The van der Waals surface area contributed by atoms with Crippen molar-refractivity contribution >= 4 is 11.4 Å². The fraction of sp³-hybridized carbons (Fsp3) is 0.600. The SMILES string of the molecule is N#Cc1cc(NCCC23CC4CC(CC(C4)C2)C3)c([N+](=O)[O-])cc1C#N. The monoisotopic (exact) mass is 350 g/mol. The van der Waals surface area contributed by atoms with Crippen LogP contribution in [0.3, 0.4) is 0 Å². The van der Waals surface area contributed by atoms with E-state index in [0.717, 1.165) is 24.2 Å². The first-order valence-corrected chi connectivity index (χ1v) is 9.38. The largest absolute Gasteiger partial charge is 0.379 e. The van der Waals surface area contributed by atoms with Crippen molar-refractivity contribution in [3.63, 3.8) is 0 Å². The second-order valence-corrected chi connectivity index (χ2v) is 8.49. The van der Waals surface area contributed by atoms with Crippen LogP contribution < -0.4 is 5.32 Å². The molecule has 0 atom stereocenters. The van der Waals surface area contributed by atoms with Gasteiger partial charge in [0.25, 0.3) is 5.69 Å². The summed E-state index contributed by atoms with van der Waals surface area (Å²) in [4.78, 5) is 10.9. The highest BCUT2D eigenvalue weighted by Gasteiger charge is 2.50. The van der Waals surface area contributed by atoms with Gasteiger partial charge in [0.15, 0.2) is 0 Å². The van der Waals surface area contributed by atoms with Gasteiger partial charge in [-0.15, -0.1) is 0 Å². The van der Waals surface area contributed by atoms with Crippen LogP contribution in [-0.2, 0) is 0 Å². The van der Waals surface area contributed by atoms with Crippen molar-refractivity contribution in [3.05, 3.63) is 33.4 Å². The molecule has 5 rings (SSSR count). The van der Waals surface area contributed by atoms with Gasteiger partial charge in [0, 0.05) is 12.6 Å². The van der Waals surface area contributed by atoms with Gasteiger partial charge in [-0.25, -0.2) is 0 Å². The molecule has 4 fully saturated rings. The molecule has 1 N–H and O–H groups in total. The zero-order chi connectivity index (χ0) is 18.3. The number of nitriles is 2. The maximum absolute atomic E-state index is 11.3. The third-order valence-corrected chi connectivity index (χ3v) is 6.71. The van der Waals surface area contributed by atoms with E-state index in [1.54, 1.807) is 0 Å². The molecular formula is C20H22N4O2. The number of nitro benzene ring substituents is 1. The predicted octanol–water partition coefficient (Wildman–Crippen LogP) is 4.36. The Balaban J connectivity index is 1.49. The second-order valence-electron chi connectivity index (χ2n) is 8.49. The average molecular weight is 350 g/mol. The van der Waals surface area contributed by atoms with Gasteiger partial charge >= 0.3 is 0 Å². The van der Waals surface area contributed by atoms with Crippen molar-refractivity contribution in [2.75, 3.05) is 11.9 Å². The maximum atomic E-state index is 11.3. The third kappa shape index (κ3) is 2.90. The number of nitrogens with one attached hydrogen (secondary N) is 1. The average Bonchev–Trinajstić information content (AvgIpc) is 2.59. The van der Waals surface area contributed by atoms with Crippen molar-refractivity contribution in [2.45, 2.75) is 44.9 Å². The van der Waals surface area contributed by atoms with Crippen LogP contribution in [0.1, 0.15) is 56.1 Å². The van der Waals surface area contributed by atoms with E-state index in [1.807, 2.05) is 12.1 Å². The lowest BCUT2D eigenvalue weighted by Gasteiger charge is -2.57. The molecule has 6 heteroatoms. The lowest BCUT2D eigenvalue weighted by atomic mass is 9.49. The molecular weight excluding hydrogens is 328 g/mol. The topological polar surface area (TPSA) is 103 Å². The van der Waals surface area contributed by atoms with E-state index < -0.39 is 4.92 Å². The first-order chi connectivity index (χ1) is 12.5. The number of anilines is 1. The maximum Gasteiger partial charge on any atom is 0.293 e. The molecule has 0 unspecified atom stereocenters. The molecule has 4 bridgehead atoms. The fourth-order valence-electron chi connectivity index (χ4n) is 6.12. The van der Waals surface area contributed by atoms with Crippen LogP contribution in [0, 0.1) is 55.9 Å². The van der Waals surface area contributed by atoms with Gasteiger partial charge in [0.05, 0.1) is 16.1 Å². The molecule has 6 nitrogen and oxygen atoms in total. The van der Waals surface area contributed by atoms with E-state index in [9.17, 15) is 15.4 Å². The van der Waals surface area contributed by atoms with Crippen molar-refractivity contribution in [3.8, 4) is 12.1 Å². The highest BCUT2D eigenvalue weighted by molar-refractivity contribution is 5.68. The van der Waals surface area contributed by atoms with Gasteiger partial charge < -0.3 is 5.32 Å². The highest BCUT2D eigenvalue weighted by atomic mass is 16.6. The van der Waals surface area contributed by atoms with E-state index in [1.165, 1.54) is 50.7 Å². The molecule has 0 aliphatic heterocycles. The zero-order valence-corrected chi connectivity index (χ0v) is 14.7. The fourth-order valence-corrected chi connectivity index (χ4v) is 6.12. The summed E-state index contributed by atoms with van der Waals surface area (Å²) in [5.74, 6) is 2.65.